The van der Waals surface area contributed by atoms with E-state index >= 15 is 0 Å². The fourth-order valence-electron chi connectivity index (χ4n) is 1.33. The maximum atomic E-state index is 4.37. The van der Waals surface area contributed by atoms with Gasteiger partial charge in [-0.1, -0.05) is 0 Å². The van der Waals surface area contributed by atoms with E-state index in [0.29, 0.717) is 6.04 Å². The van der Waals surface area contributed by atoms with Crippen LogP contribution in [0.2, 0.25) is 0 Å². The Morgan fingerprint density at radius 1 is 1.57 bits per heavy atom. The minimum absolute atomic E-state index is 0.510. The zero-order valence-corrected chi connectivity index (χ0v) is 9.70. The van der Waals surface area contributed by atoms with E-state index in [1.807, 2.05) is 14.0 Å². The molecule has 1 atom stereocenters. The second kappa shape index (κ2) is 4.46. The van der Waals surface area contributed by atoms with Crippen LogP contribution in [0.1, 0.15) is 12.6 Å². The van der Waals surface area contributed by atoms with Crippen molar-refractivity contribution >= 4 is 5.95 Å². The molecule has 14 heavy (non-hydrogen) atoms. The molecule has 0 aliphatic carbocycles. The maximum absolute atomic E-state index is 4.37. The third-order valence-electron chi connectivity index (χ3n) is 2.46. The van der Waals surface area contributed by atoms with Gasteiger partial charge in [0.1, 0.15) is 0 Å². The van der Waals surface area contributed by atoms with Crippen LogP contribution in [0.15, 0.2) is 6.20 Å². The van der Waals surface area contributed by atoms with Crippen LogP contribution in [0.25, 0.3) is 0 Å². The Morgan fingerprint density at radius 3 is 2.71 bits per heavy atom. The van der Waals surface area contributed by atoms with E-state index in [0.717, 1.165) is 18.2 Å². The molecule has 4 heteroatoms. The van der Waals surface area contributed by atoms with Crippen molar-refractivity contribution in [3.05, 3.63) is 11.9 Å². The Morgan fingerprint density at radius 2 is 2.21 bits per heavy atom. The van der Waals surface area contributed by atoms with Crippen molar-refractivity contribution in [1.29, 1.82) is 0 Å². The summed E-state index contributed by atoms with van der Waals surface area (Å²) in [6, 6.07) is 0.510. The summed E-state index contributed by atoms with van der Waals surface area (Å²) in [6.07, 6.45) is 2.08. The lowest BCUT2D eigenvalue weighted by Gasteiger charge is -2.20. The summed E-state index contributed by atoms with van der Waals surface area (Å²) in [5.41, 5.74) is 1.06. The minimum atomic E-state index is 0.510. The Labute approximate surface area is 85.9 Å². The topological polar surface area (TPSA) is 33.1 Å². The van der Waals surface area contributed by atoms with E-state index in [4.69, 9.17) is 0 Å². The van der Waals surface area contributed by atoms with Crippen LogP contribution in [-0.2, 0) is 6.54 Å². The van der Waals surface area contributed by atoms with E-state index in [9.17, 15) is 0 Å². The number of hydrogen-bond donors (Lipinski definition) is 1. The molecule has 0 spiro atoms. The zero-order valence-electron chi connectivity index (χ0n) is 9.70. The van der Waals surface area contributed by atoms with Gasteiger partial charge in [0.2, 0.25) is 5.95 Å². The second-order valence-electron chi connectivity index (χ2n) is 3.92. The van der Waals surface area contributed by atoms with Crippen molar-refractivity contribution in [1.82, 2.24) is 14.5 Å². The largest absolute Gasteiger partial charge is 0.359 e. The highest BCUT2D eigenvalue weighted by Crippen LogP contribution is 2.09. The molecule has 0 radical (unpaired) electrons. The number of nitrogens with one attached hydrogen (secondary N) is 1. The molecule has 0 saturated heterocycles. The lowest BCUT2D eigenvalue weighted by Crippen LogP contribution is -2.29. The fourth-order valence-corrected chi connectivity index (χ4v) is 1.33. The summed E-state index contributed by atoms with van der Waals surface area (Å²) >= 11 is 0. The van der Waals surface area contributed by atoms with Crippen LogP contribution >= 0.6 is 0 Å². The number of aryl methyl sites for hydroxylation is 1. The van der Waals surface area contributed by atoms with Gasteiger partial charge in [-0.2, -0.15) is 0 Å². The molecule has 0 fully saturated rings. The van der Waals surface area contributed by atoms with Gasteiger partial charge >= 0.3 is 0 Å². The van der Waals surface area contributed by atoms with Crippen LogP contribution < -0.4 is 5.32 Å². The van der Waals surface area contributed by atoms with Crippen LogP contribution in [0.3, 0.4) is 0 Å². The van der Waals surface area contributed by atoms with Gasteiger partial charge in [0.15, 0.2) is 0 Å². The average molecular weight is 196 g/mol. The molecule has 4 nitrogen and oxygen atoms in total. The summed E-state index contributed by atoms with van der Waals surface area (Å²) in [6.45, 7) is 5.18. The van der Waals surface area contributed by atoms with Crippen LogP contribution in [-0.4, -0.2) is 41.6 Å². The highest BCUT2D eigenvalue weighted by Gasteiger charge is 2.09. The van der Waals surface area contributed by atoms with Gasteiger partial charge in [-0.05, 0) is 27.9 Å². The SMILES string of the molecule is CNc1nc(C)cn1CC(C)N(C)C. The Kier molecular flexibility index (Phi) is 3.52. The average Bonchev–Trinajstić information content (AvgIpc) is 2.45. The molecule has 0 aromatic carbocycles. The molecule has 0 bridgehead atoms. The van der Waals surface area contributed by atoms with Crippen molar-refractivity contribution in [2.24, 2.45) is 0 Å². The zero-order chi connectivity index (χ0) is 10.7. The highest BCUT2D eigenvalue weighted by atomic mass is 15.2. The van der Waals surface area contributed by atoms with Gasteiger partial charge in [0.05, 0.1) is 5.69 Å². The second-order valence-corrected chi connectivity index (χ2v) is 3.92. The molecule has 1 unspecified atom stereocenters. The van der Waals surface area contributed by atoms with E-state index in [1.54, 1.807) is 0 Å². The fraction of sp³-hybridized carbons (Fsp3) is 0.700. The maximum Gasteiger partial charge on any atom is 0.202 e. The van der Waals surface area contributed by atoms with E-state index < -0.39 is 0 Å². The summed E-state index contributed by atoms with van der Waals surface area (Å²) in [5.74, 6) is 0.941. The lowest BCUT2D eigenvalue weighted by molar-refractivity contribution is 0.285. The number of imidazole rings is 1. The van der Waals surface area contributed by atoms with Crippen LogP contribution in [0, 0.1) is 6.92 Å². The molecule has 80 valence electrons. The molecule has 1 heterocycles. The van der Waals surface area contributed by atoms with Gasteiger partial charge in [-0.3, -0.25) is 0 Å². The number of anilines is 1. The molecule has 1 N–H and O–H groups in total. The van der Waals surface area contributed by atoms with E-state index in [1.165, 1.54) is 0 Å². The Balaban J connectivity index is 2.74. The molecule has 0 amide bonds. The minimum Gasteiger partial charge on any atom is -0.359 e. The van der Waals surface area contributed by atoms with Crippen LogP contribution in [0.5, 0.6) is 0 Å². The Hall–Kier alpha value is -1.03. The third kappa shape index (κ3) is 2.48. The molecular weight excluding hydrogens is 176 g/mol. The highest BCUT2D eigenvalue weighted by molar-refractivity contribution is 5.27. The summed E-state index contributed by atoms with van der Waals surface area (Å²) in [7, 11) is 6.08. The summed E-state index contributed by atoms with van der Waals surface area (Å²) < 4.78 is 2.15. The summed E-state index contributed by atoms with van der Waals surface area (Å²) in [5, 5.41) is 3.09. The van der Waals surface area contributed by atoms with Crippen molar-refractivity contribution in [3.8, 4) is 0 Å². The van der Waals surface area contributed by atoms with Gasteiger partial charge in [-0.25, -0.2) is 4.98 Å². The van der Waals surface area contributed by atoms with Crippen molar-refractivity contribution in [2.45, 2.75) is 26.4 Å². The van der Waals surface area contributed by atoms with Gasteiger partial charge in [-0.15, -0.1) is 0 Å². The molecule has 0 saturated carbocycles. The Bertz CT molecular complexity index is 290. The smallest absolute Gasteiger partial charge is 0.202 e. The first-order chi connectivity index (χ1) is 6.54. The van der Waals surface area contributed by atoms with Gasteiger partial charge in [0.25, 0.3) is 0 Å². The van der Waals surface area contributed by atoms with Crippen molar-refractivity contribution in [2.75, 3.05) is 26.5 Å². The normalized spacial score (nSPS) is 13.3. The predicted molar refractivity (Wildman–Crippen MR) is 59.7 cm³/mol. The first kappa shape index (κ1) is 11.0. The predicted octanol–water partition coefficient (Wildman–Crippen LogP) is 1.18. The molecule has 1 rings (SSSR count). The molecule has 1 aromatic rings. The number of likely N-dealkylation sites (N-methyl/N-ethyl adjacent to an activating group) is 1. The van der Waals surface area contributed by atoms with Crippen molar-refractivity contribution < 1.29 is 0 Å². The molecule has 0 aliphatic heterocycles. The standard InChI is InChI=1S/C10H20N4/c1-8-6-14(10(11-3)12-8)7-9(2)13(4)5/h6,9H,7H2,1-5H3,(H,11,12). The number of nitrogens with zero attached hydrogens (tertiary/aromatic N) is 3. The van der Waals surface area contributed by atoms with Gasteiger partial charge in [0, 0.05) is 25.8 Å². The number of aromatic nitrogens is 2. The molecular formula is C10H20N4. The lowest BCUT2D eigenvalue weighted by atomic mass is 10.3. The van der Waals surface area contributed by atoms with Gasteiger partial charge < -0.3 is 14.8 Å². The number of hydrogen-bond acceptors (Lipinski definition) is 3. The van der Waals surface area contributed by atoms with Crippen molar-refractivity contribution in [3.63, 3.8) is 0 Å². The molecule has 0 aliphatic rings. The quantitative estimate of drug-likeness (QED) is 0.785. The monoisotopic (exact) mass is 196 g/mol. The van der Waals surface area contributed by atoms with Crippen LogP contribution in [0.4, 0.5) is 5.95 Å². The first-order valence-electron chi connectivity index (χ1n) is 4.92. The molecule has 1 aromatic heterocycles. The summed E-state index contributed by atoms with van der Waals surface area (Å²) in [4.78, 5) is 6.58. The third-order valence-corrected chi connectivity index (χ3v) is 2.46. The first-order valence-corrected chi connectivity index (χ1v) is 4.92. The number of rotatable bonds is 4. The van der Waals surface area contributed by atoms with E-state index in [2.05, 4.69) is 47.0 Å². The van der Waals surface area contributed by atoms with E-state index in [-0.39, 0.29) is 0 Å².